The lowest BCUT2D eigenvalue weighted by molar-refractivity contribution is 0.248. The smallest absolute Gasteiger partial charge is 0.319 e. The summed E-state index contributed by atoms with van der Waals surface area (Å²) in [5.74, 6) is 0. The van der Waals surface area contributed by atoms with E-state index in [1.807, 2.05) is 54.6 Å². The number of urea groups is 1. The normalized spacial score (nSPS) is 11.7. The zero-order valence-electron chi connectivity index (χ0n) is 11.3. The van der Waals surface area contributed by atoms with Crippen molar-refractivity contribution >= 4 is 34.3 Å². The second-order valence-electron chi connectivity index (χ2n) is 4.48. The van der Waals surface area contributed by atoms with Crippen molar-refractivity contribution in [3.63, 3.8) is 0 Å². The monoisotopic (exact) mass is 380 g/mol. The van der Waals surface area contributed by atoms with E-state index in [1.165, 1.54) is 0 Å². The van der Waals surface area contributed by atoms with Gasteiger partial charge in [-0.1, -0.05) is 43.3 Å². The average molecular weight is 380 g/mol. The SMILES string of the molecule is CCC(NC(=O)Nc1cccc(I)c1)c1ccccc1. The first-order valence-corrected chi connectivity index (χ1v) is 7.65. The molecule has 0 radical (unpaired) electrons. The summed E-state index contributed by atoms with van der Waals surface area (Å²) in [6.07, 6.45) is 0.851. The van der Waals surface area contributed by atoms with Crippen molar-refractivity contribution in [3.05, 3.63) is 63.7 Å². The number of nitrogens with one attached hydrogen (secondary N) is 2. The number of benzene rings is 2. The first-order chi connectivity index (χ1) is 9.69. The molecule has 20 heavy (non-hydrogen) atoms. The van der Waals surface area contributed by atoms with E-state index >= 15 is 0 Å². The molecule has 3 nitrogen and oxygen atoms in total. The predicted molar refractivity (Wildman–Crippen MR) is 90.8 cm³/mol. The number of anilines is 1. The summed E-state index contributed by atoms with van der Waals surface area (Å²) >= 11 is 2.22. The molecule has 0 saturated carbocycles. The van der Waals surface area contributed by atoms with Gasteiger partial charge in [0, 0.05) is 9.26 Å². The summed E-state index contributed by atoms with van der Waals surface area (Å²) < 4.78 is 1.09. The highest BCUT2D eigenvalue weighted by atomic mass is 127. The Morgan fingerprint density at radius 1 is 1.15 bits per heavy atom. The molecular weight excluding hydrogens is 363 g/mol. The maximum absolute atomic E-state index is 12.0. The van der Waals surface area contributed by atoms with Crippen molar-refractivity contribution in [2.75, 3.05) is 5.32 Å². The third kappa shape index (κ3) is 4.23. The summed E-state index contributed by atoms with van der Waals surface area (Å²) in [5.41, 5.74) is 1.92. The van der Waals surface area contributed by atoms with Gasteiger partial charge in [-0.15, -0.1) is 0 Å². The Bertz CT molecular complexity index is 572. The van der Waals surface area contributed by atoms with Crippen LogP contribution >= 0.6 is 22.6 Å². The van der Waals surface area contributed by atoms with Gasteiger partial charge in [0.2, 0.25) is 0 Å². The molecule has 2 aromatic carbocycles. The lowest BCUT2D eigenvalue weighted by atomic mass is 10.1. The highest BCUT2D eigenvalue weighted by Gasteiger charge is 2.12. The maximum atomic E-state index is 12.0. The predicted octanol–water partition coefficient (Wildman–Crippen LogP) is 4.56. The molecule has 0 fully saturated rings. The quantitative estimate of drug-likeness (QED) is 0.750. The second kappa shape index (κ2) is 7.28. The highest BCUT2D eigenvalue weighted by molar-refractivity contribution is 14.1. The number of carbonyl (C=O) groups excluding carboxylic acids is 1. The summed E-state index contributed by atoms with van der Waals surface area (Å²) in [6.45, 7) is 2.06. The number of carbonyl (C=O) groups is 1. The molecule has 0 aliphatic rings. The molecule has 2 aromatic rings. The van der Waals surface area contributed by atoms with Gasteiger partial charge in [-0.05, 0) is 52.8 Å². The zero-order chi connectivity index (χ0) is 14.4. The summed E-state index contributed by atoms with van der Waals surface area (Å²) in [7, 11) is 0. The first kappa shape index (κ1) is 14.8. The van der Waals surface area contributed by atoms with Crippen molar-refractivity contribution < 1.29 is 4.79 Å². The van der Waals surface area contributed by atoms with E-state index in [-0.39, 0.29) is 12.1 Å². The molecule has 2 amide bonds. The van der Waals surface area contributed by atoms with Crippen LogP contribution in [0.4, 0.5) is 10.5 Å². The van der Waals surface area contributed by atoms with Gasteiger partial charge in [-0.2, -0.15) is 0 Å². The Labute approximate surface area is 132 Å². The molecule has 0 spiro atoms. The first-order valence-electron chi connectivity index (χ1n) is 6.57. The number of hydrogen-bond acceptors (Lipinski definition) is 1. The molecule has 0 aliphatic heterocycles. The van der Waals surface area contributed by atoms with Crippen LogP contribution in [0.1, 0.15) is 24.9 Å². The Balaban J connectivity index is 2.00. The number of hydrogen-bond donors (Lipinski definition) is 2. The van der Waals surface area contributed by atoms with Crippen molar-refractivity contribution in [1.29, 1.82) is 0 Å². The van der Waals surface area contributed by atoms with E-state index in [0.717, 1.165) is 21.2 Å². The Morgan fingerprint density at radius 2 is 1.90 bits per heavy atom. The van der Waals surface area contributed by atoms with Gasteiger partial charge in [0.15, 0.2) is 0 Å². The third-order valence-corrected chi connectivity index (χ3v) is 3.67. The minimum Gasteiger partial charge on any atom is -0.331 e. The van der Waals surface area contributed by atoms with Crippen LogP contribution in [0.3, 0.4) is 0 Å². The van der Waals surface area contributed by atoms with Crippen LogP contribution in [0.5, 0.6) is 0 Å². The van der Waals surface area contributed by atoms with Gasteiger partial charge < -0.3 is 10.6 Å². The van der Waals surface area contributed by atoms with Crippen LogP contribution in [0.25, 0.3) is 0 Å². The van der Waals surface area contributed by atoms with E-state index in [0.29, 0.717) is 0 Å². The van der Waals surface area contributed by atoms with Gasteiger partial charge in [0.1, 0.15) is 0 Å². The lowest BCUT2D eigenvalue weighted by Crippen LogP contribution is -2.32. The van der Waals surface area contributed by atoms with Crippen LogP contribution in [0, 0.1) is 3.57 Å². The van der Waals surface area contributed by atoms with Crippen LogP contribution in [-0.2, 0) is 0 Å². The van der Waals surface area contributed by atoms with Crippen molar-refractivity contribution in [2.24, 2.45) is 0 Å². The molecular formula is C16H17IN2O. The number of amides is 2. The summed E-state index contributed by atoms with van der Waals surface area (Å²) in [5, 5.41) is 5.86. The fraction of sp³-hybridized carbons (Fsp3) is 0.188. The van der Waals surface area contributed by atoms with Crippen molar-refractivity contribution in [1.82, 2.24) is 5.32 Å². The lowest BCUT2D eigenvalue weighted by Gasteiger charge is -2.18. The van der Waals surface area contributed by atoms with Crippen LogP contribution in [-0.4, -0.2) is 6.03 Å². The van der Waals surface area contributed by atoms with E-state index < -0.39 is 0 Å². The molecule has 2 rings (SSSR count). The molecule has 0 aromatic heterocycles. The van der Waals surface area contributed by atoms with Gasteiger partial charge in [-0.25, -0.2) is 4.79 Å². The molecule has 1 atom stereocenters. The largest absolute Gasteiger partial charge is 0.331 e. The molecule has 4 heteroatoms. The van der Waals surface area contributed by atoms with Crippen LogP contribution in [0.15, 0.2) is 54.6 Å². The van der Waals surface area contributed by atoms with E-state index in [1.54, 1.807) is 0 Å². The van der Waals surface area contributed by atoms with E-state index in [2.05, 4.69) is 40.1 Å². The second-order valence-corrected chi connectivity index (χ2v) is 5.73. The maximum Gasteiger partial charge on any atom is 0.319 e. The molecule has 0 heterocycles. The summed E-state index contributed by atoms with van der Waals surface area (Å²) in [4.78, 5) is 12.0. The van der Waals surface area contributed by atoms with Crippen LogP contribution in [0.2, 0.25) is 0 Å². The topological polar surface area (TPSA) is 41.1 Å². The Morgan fingerprint density at radius 3 is 2.55 bits per heavy atom. The standard InChI is InChI=1S/C16H17IN2O/c1-2-15(12-7-4-3-5-8-12)19-16(20)18-14-10-6-9-13(17)11-14/h3-11,15H,2H2,1H3,(H2,18,19,20). The molecule has 0 aliphatic carbocycles. The van der Waals surface area contributed by atoms with Gasteiger partial charge in [0.05, 0.1) is 6.04 Å². The van der Waals surface area contributed by atoms with Crippen molar-refractivity contribution in [3.8, 4) is 0 Å². The van der Waals surface area contributed by atoms with Gasteiger partial charge in [0.25, 0.3) is 0 Å². The van der Waals surface area contributed by atoms with E-state index in [9.17, 15) is 4.79 Å². The minimum absolute atomic E-state index is 0.0268. The Hall–Kier alpha value is -1.56. The molecule has 0 saturated heterocycles. The average Bonchev–Trinajstić information content (AvgIpc) is 2.45. The Kier molecular flexibility index (Phi) is 5.40. The number of rotatable bonds is 4. The fourth-order valence-corrected chi connectivity index (χ4v) is 2.54. The molecule has 0 bridgehead atoms. The van der Waals surface area contributed by atoms with Gasteiger partial charge in [-0.3, -0.25) is 0 Å². The highest BCUT2D eigenvalue weighted by Crippen LogP contribution is 2.17. The molecule has 2 N–H and O–H groups in total. The molecule has 104 valence electrons. The zero-order valence-corrected chi connectivity index (χ0v) is 13.4. The summed E-state index contributed by atoms with van der Waals surface area (Å²) in [6, 6.07) is 17.6. The minimum atomic E-state index is -0.178. The van der Waals surface area contributed by atoms with E-state index in [4.69, 9.17) is 0 Å². The number of halogens is 1. The van der Waals surface area contributed by atoms with Crippen LogP contribution < -0.4 is 10.6 Å². The molecule has 1 unspecified atom stereocenters. The van der Waals surface area contributed by atoms with Crippen molar-refractivity contribution in [2.45, 2.75) is 19.4 Å². The third-order valence-electron chi connectivity index (χ3n) is 3.00. The fourth-order valence-electron chi connectivity index (χ4n) is 2.00. The van der Waals surface area contributed by atoms with Gasteiger partial charge >= 0.3 is 6.03 Å².